The van der Waals surface area contributed by atoms with Crippen molar-refractivity contribution in [2.75, 3.05) is 113 Å². The summed E-state index contributed by atoms with van der Waals surface area (Å²) in [5, 5.41) is 30.3. The number of carbonyl (C=O) groups excluding carboxylic acids is 2. The van der Waals surface area contributed by atoms with Gasteiger partial charge in [0.25, 0.3) is 0 Å². The van der Waals surface area contributed by atoms with E-state index in [0.29, 0.717) is 66.1 Å². The van der Waals surface area contributed by atoms with Crippen molar-refractivity contribution >= 4 is 57.1 Å². The number of ether oxygens (including phenoxy) is 1. The van der Waals surface area contributed by atoms with Crippen LogP contribution in [0.2, 0.25) is 0 Å². The normalized spacial score (nSPS) is 21.0. The Bertz CT molecular complexity index is 4170. The Morgan fingerprint density at radius 1 is 0.638 bits per heavy atom. The van der Waals surface area contributed by atoms with Crippen molar-refractivity contribution in [2.45, 2.75) is 58.8 Å². The van der Waals surface area contributed by atoms with Gasteiger partial charge in [0.15, 0.2) is 5.82 Å². The fraction of sp³-hybridized carbons (Fsp3) is 0.403. The van der Waals surface area contributed by atoms with E-state index in [-0.39, 0.29) is 36.0 Å². The Labute approximate surface area is 549 Å². The molecule has 94 heavy (non-hydrogen) atoms. The lowest BCUT2D eigenvalue weighted by molar-refractivity contribution is -0.125. The molecule has 2 amide bonds. The molecule has 10 heterocycles. The van der Waals surface area contributed by atoms with Crippen LogP contribution in [0.4, 0.5) is 22.7 Å². The van der Waals surface area contributed by atoms with Gasteiger partial charge in [-0.3, -0.25) is 34.2 Å². The summed E-state index contributed by atoms with van der Waals surface area (Å²) < 4.78 is 15.3. The summed E-state index contributed by atoms with van der Waals surface area (Å²) in [7, 11) is 5.27. The zero-order valence-electron chi connectivity index (χ0n) is 53.5. The van der Waals surface area contributed by atoms with Crippen LogP contribution in [0.3, 0.4) is 0 Å². The molecule has 4 aromatic carbocycles. The number of hydrogen-bond acceptors (Lipinski definition) is 17. The molecule has 22 heteroatoms. The van der Waals surface area contributed by atoms with E-state index in [9.17, 15) is 14.4 Å². The first-order chi connectivity index (χ1) is 44.9. The molecule has 490 valence electrons. The minimum Gasteiger partial charge on any atom is -0.398 e. The number of rotatable bonds is 16. The average Bonchev–Trinajstić information content (AvgIpc) is 1.61. The number of hydrogen-bond donors (Lipinski definition) is 4. The number of benzene rings is 4. The monoisotopic (exact) mass is 1270 g/mol. The topological polar surface area (TPSA) is 259 Å². The van der Waals surface area contributed by atoms with Crippen LogP contribution >= 0.6 is 0 Å². The van der Waals surface area contributed by atoms with Crippen molar-refractivity contribution in [3.8, 4) is 22.8 Å². The number of nitrogens with zero attached hydrogens (tertiary/aromatic N) is 13. The summed E-state index contributed by atoms with van der Waals surface area (Å²) in [6, 6.07) is 27.7. The number of anilines is 4. The Hall–Kier alpha value is -9.51. The number of aromatic nitrogens is 7. The molecule has 6 N–H and O–H groups in total. The zero-order chi connectivity index (χ0) is 64.7. The van der Waals surface area contributed by atoms with Crippen LogP contribution in [0.5, 0.6) is 0 Å². The molecule has 0 unspecified atom stereocenters. The maximum absolute atomic E-state index is 14.0. The molecular weight excluding hydrogens is 1180 g/mol. The first kappa shape index (κ1) is 64.6. The minimum absolute atomic E-state index is 0. The van der Waals surface area contributed by atoms with Gasteiger partial charge in [-0.25, -0.2) is 9.78 Å². The van der Waals surface area contributed by atoms with Crippen LogP contribution in [0.25, 0.3) is 34.0 Å². The standard InChI is InChI=1S/C36H43N7O4.C35H40N10O.CH4/c1-24(42-15-9-26(10-16-42)25-3-5-28(6-4-25)33-39-40(2)35(45)47-33)22-41-17-13-36(23-41)14-18-43(34(36)44)29-7-8-31(37)30(21-29)32(38)27-11-19-46-20-12-27;1-24(44-14-10-26(11-15-44)25-4-6-27(7-5-25)33-38-23-42(3)40-33)20-43-16-12-35(22-43)13-17-45(34(35)46)29-8-9-31(36)30(18-29)32(37)28-19-39-41(2)21-28;/h3-9,21,27,38H,1,10-20,22-23,37H2,2H3;4-10,18-19,21,23,37H,1,11-17,20,22,36H2,2-3H3;1H4/t36-;35-;/m00./s1. The van der Waals surface area contributed by atoms with Crippen LogP contribution in [-0.2, 0) is 35.5 Å². The number of aryl methyl sites for hydroxylation is 3. The lowest BCUT2D eigenvalue weighted by Gasteiger charge is -2.32. The lowest BCUT2D eigenvalue weighted by atomic mass is 9.85. The van der Waals surface area contributed by atoms with Gasteiger partial charge in [-0.1, -0.05) is 69.1 Å². The molecule has 7 aromatic rings. The first-order valence-electron chi connectivity index (χ1n) is 32.4. The van der Waals surface area contributed by atoms with E-state index in [2.05, 4.69) is 89.5 Å². The quantitative estimate of drug-likeness (QED) is 0.0521. The van der Waals surface area contributed by atoms with E-state index >= 15 is 0 Å². The summed E-state index contributed by atoms with van der Waals surface area (Å²) in [5.74, 6) is 1.07. The summed E-state index contributed by atoms with van der Waals surface area (Å²) >= 11 is 0. The van der Waals surface area contributed by atoms with Gasteiger partial charge in [-0.2, -0.15) is 14.9 Å². The van der Waals surface area contributed by atoms with Gasteiger partial charge in [-0.15, -0.1) is 5.10 Å². The van der Waals surface area contributed by atoms with E-state index < -0.39 is 5.76 Å². The molecule has 5 fully saturated rings. The summed E-state index contributed by atoms with van der Waals surface area (Å²) in [6.07, 6.45) is 16.6. The Morgan fingerprint density at radius 2 is 1.15 bits per heavy atom. The van der Waals surface area contributed by atoms with Crippen molar-refractivity contribution < 1.29 is 18.7 Å². The van der Waals surface area contributed by atoms with Crippen LogP contribution < -0.4 is 27.0 Å². The smallest absolute Gasteiger partial charge is 0.398 e. The van der Waals surface area contributed by atoms with Gasteiger partial charge in [0.1, 0.15) is 6.33 Å². The fourth-order valence-corrected chi connectivity index (χ4v) is 14.6. The molecule has 2 atom stereocenters. The molecule has 14 rings (SSSR count). The maximum atomic E-state index is 14.0. The van der Waals surface area contributed by atoms with E-state index in [1.807, 2.05) is 78.5 Å². The van der Waals surface area contributed by atoms with Crippen LogP contribution in [0, 0.1) is 27.6 Å². The Balaban J connectivity index is 0.000000179. The largest absolute Gasteiger partial charge is 0.437 e. The van der Waals surface area contributed by atoms with Crippen molar-refractivity contribution in [3.63, 3.8) is 0 Å². The predicted octanol–water partition coefficient (Wildman–Crippen LogP) is 8.73. The van der Waals surface area contributed by atoms with Gasteiger partial charge >= 0.3 is 5.76 Å². The Morgan fingerprint density at radius 3 is 1.63 bits per heavy atom. The zero-order valence-corrected chi connectivity index (χ0v) is 53.5. The number of nitrogens with one attached hydrogen (secondary N) is 2. The predicted molar refractivity (Wildman–Crippen MR) is 369 cm³/mol. The van der Waals surface area contributed by atoms with Crippen molar-refractivity contribution in [1.29, 1.82) is 10.8 Å². The highest BCUT2D eigenvalue weighted by Gasteiger charge is 2.52. The van der Waals surface area contributed by atoms with E-state index in [0.717, 1.165) is 168 Å². The van der Waals surface area contributed by atoms with Gasteiger partial charge in [0.05, 0.1) is 22.7 Å². The molecule has 22 nitrogen and oxygen atoms in total. The molecular formula is C72H87N17O5. The highest BCUT2D eigenvalue weighted by Crippen LogP contribution is 2.45. The van der Waals surface area contributed by atoms with Gasteiger partial charge < -0.3 is 45.6 Å². The highest BCUT2D eigenvalue weighted by atomic mass is 16.5. The number of nitrogens with two attached hydrogens (primary N) is 2. The molecule has 3 aromatic heterocycles. The third-order valence-electron chi connectivity index (χ3n) is 20.2. The number of amides is 2. The second kappa shape index (κ2) is 26.8. The fourth-order valence-electron chi connectivity index (χ4n) is 14.6. The Kier molecular flexibility index (Phi) is 18.4. The molecule has 0 bridgehead atoms. The van der Waals surface area contributed by atoms with Crippen LogP contribution in [0.15, 0.2) is 150 Å². The minimum atomic E-state index is -0.476. The van der Waals surface area contributed by atoms with Crippen molar-refractivity contribution in [2.24, 2.45) is 37.9 Å². The molecule has 7 aliphatic rings. The van der Waals surface area contributed by atoms with Crippen LogP contribution in [0.1, 0.15) is 86.6 Å². The number of nitrogen functional groups attached to an aromatic ring is 2. The van der Waals surface area contributed by atoms with Crippen LogP contribution in [-0.4, -0.2) is 169 Å². The maximum Gasteiger partial charge on any atom is 0.437 e. The third-order valence-corrected chi connectivity index (χ3v) is 20.2. The SMILES string of the molecule is C.C=C(CN1CC[C@]2(CCN(c3ccc(N)c(C(=N)C4CCOCC4)c3)C2=O)C1)N1CC=C(c2ccc(-c3nn(C)c(=O)o3)cc2)CC1.C=C(CN1CC[C@]2(CCN(c3ccc(N)c(C(=N)c4cnn(C)c4)c3)C2=O)C1)N1CC=C(c2ccc(-c3ncn(C)n3)cc2)CC1. The number of carbonyl (C=O) groups is 2. The van der Waals surface area contributed by atoms with Gasteiger partial charge in [0.2, 0.25) is 17.7 Å². The van der Waals surface area contributed by atoms with E-state index in [1.165, 1.54) is 21.4 Å². The molecule has 0 aliphatic carbocycles. The number of likely N-dealkylation sites (tertiary alicyclic amines) is 2. The average molecular weight is 1270 g/mol. The van der Waals surface area contributed by atoms with Gasteiger partial charge in [0, 0.05) is 180 Å². The lowest BCUT2D eigenvalue weighted by Crippen LogP contribution is -2.39. The molecule has 0 saturated carbocycles. The van der Waals surface area contributed by atoms with E-state index in [1.54, 1.807) is 41.2 Å². The second-order valence-electron chi connectivity index (χ2n) is 26.2. The molecule has 2 spiro atoms. The summed E-state index contributed by atoms with van der Waals surface area (Å²) in [6.45, 7) is 19.7. The van der Waals surface area contributed by atoms with Crippen molar-refractivity contribution in [3.05, 3.63) is 179 Å². The molecule has 7 aliphatic heterocycles. The third kappa shape index (κ3) is 13.1. The summed E-state index contributed by atoms with van der Waals surface area (Å²) in [4.78, 5) is 57.1. The molecule has 5 saturated heterocycles. The van der Waals surface area contributed by atoms with Gasteiger partial charge in [-0.05, 0) is 135 Å². The highest BCUT2D eigenvalue weighted by molar-refractivity contribution is 6.14. The second-order valence-corrected chi connectivity index (χ2v) is 26.2. The molecule has 0 radical (unpaired) electrons. The van der Waals surface area contributed by atoms with E-state index in [4.69, 9.17) is 31.4 Å². The van der Waals surface area contributed by atoms with Crippen molar-refractivity contribution in [1.82, 2.24) is 53.9 Å². The summed E-state index contributed by atoms with van der Waals surface area (Å²) in [5.41, 5.74) is 26.5. The first-order valence-corrected chi connectivity index (χ1v) is 32.4.